The molecule has 0 aliphatic carbocycles. The van der Waals surface area contributed by atoms with Gasteiger partial charge in [0.2, 0.25) is 5.91 Å². The third-order valence-corrected chi connectivity index (χ3v) is 6.02. The Balaban J connectivity index is 0.00000240. The van der Waals surface area contributed by atoms with Crippen molar-refractivity contribution in [3.05, 3.63) is 67.7 Å². The number of halogens is 2. The monoisotopic (exact) mass is 422 g/mol. The molecule has 0 bridgehead atoms. The van der Waals surface area contributed by atoms with Crippen molar-refractivity contribution >= 4 is 18.3 Å². The summed E-state index contributed by atoms with van der Waals surface area (Å²) in [7, 11) is 2.03. The van der Waals surface area contributed by atoms with Crippen LogP contribution in [-0.4, -0.2) is 52.4 Å². The van der Waals surface area contributed by atoms with E-state index in [9.17, 15) is 18.8 Å². The van der Waals surface area contributed by atoms with Crippen LogP contribution in [0.1, 0.15) is 22.9 Å². The molecular formula is C20H24ClFN4O3. The van der Waals surface area contributed by atoms with E-state index >= 15 is 0 Å². The number of hydrogen-bond donors (Lipinski definition) is 2. The fourth-order valence-corrected chi connectivity index (χ4v) is 4.76. The average molecular weight is 423 g/mol. The zero-order chi connectivity index (χ0) is 20.0. The maximum atomic E-state index is 13.7. The van der Waals surface area contributed by atoms with E-state index in [4.69, 9.17) is 0 Å². The minimum atomic E-state index is -0.574. The van der Waals surface area contributed by atoms with Gasteiger partial charge in [0.1, 0.15) is 5.82 Å². The van der Waals surface area contributed by atoms with Crippen LogP contribution in [0.4, 0.5) is 4.39 Å². The number of aromatic nitrogens is 2. The highest BCUT2D eigenvalue weighted by molar-refractivity contribution is 5.85. The van der Waals surface area contributed by atoms with E-state index in [2.05, 4.69) is 14.9 Å². The third kappa shape index (κ3) is 4.00. The van der Waals surface area contributed by atoms with Crippen LogP contribution < -0.4 is 11.2 Å². The molecule has 0 radical (unpaired) electrons. The number of aryl methyl sites for hydroxylation is 1. The summed E-state index contributed by atoms with van der Waals surface area (Å²) in [6.07, 6.45) is -0.0438. The normalized spacial score (nSPS) is 23.7. The van der Waals surface area contributed by atoms with Gasteiger partial charge in [0.05, 0.1) is 6.42 Å². The number of benzene rings is 1. The summed E-state index contributed by atoms with van der Waals surface area (Å²) in [4.78, 5) is 44.9. The van der Waals surface area contributed by atoms with Crippen molar-refractivity contribution in [2.75, 3.05) is 26.7 Å². The van der Waals surface area contributed by atoms with E-state index in [0.29, 0.717) is 30.3 Å². The predicted molar refractivity (Wildman–Crippen MR) is 109 cm³/mol. The Bertz CT molecular complexity index is 1040. The smallest absolute Gasteiger partial charge is 0.325 e. The summed E-state index contributed by atoms with van der Waals surface area (Å²) in [5.41, 5.74) is 0.540. The molecule has 2 aliphatic rings. The first-order chi connectivity index (χ1) is 13.3. The van der Waals surface area contributed by atoms with Crippen LogP contribution in [0.15, 0.2) is 33.9 Å². The lowest BCUT2D eigenvalue weighted by molar-refractivity contribution is -0.129. The Morgan fingerprint density at radius 1 is 1.21 bits per heavy atom. The first kappa shape index (κ1) is 21.3. The Morgan fingerprint density at radius 3 is 2.66 bits per heavy atom. The van der Waals surface area contributed by atoms with Crippen LogP contribution in [0.2, 0.25) is 0 Å². The van der Waals surface area contributed by atoms with Crippen LogP contribution >= 0.6 is 12.4 Å². The predicted octanol–water partition coefficient (Wildman–Crippen LogP) is 1.24. The summed E-state index contributed by atoms with van der Waals surface area (Å²) in [5, 5.41) is 0. The van der Waals surface area contributed by atoms with Gasteiger partial charge in [-0.05, 0) is 37.6 Å². The molecular weight excluding hydrogens is 399 g/mol. The van der Waals surface area contributed by atoms with Crippen LogP contribution in [0.3, 0.4) is 0 Å². The molecule has 1 aromatic heterocycles. The molecule has 29 heavy (non-hydrogen) atoms. The number of aromatic amines is 2. The van der Waals surface area contributed by atoms with E-state index in [0.717, 1.165) is 12.1 Å². The fourth-order valence-electron chi connectivity index (χ4n) is 4.76. The zero-order valence-corrected chi connectivity index (χ0v) is 17.1. The number of amides is 1. The van der Waals surface area contributed by atoms with E-state index in [1.165, 1.54) is 6.07 Å². The van der Waals surface area contributed by atoms with Gasteiger partial charge in [-0.1, -0.05) is 12.1 Å². The second kappa shape index (κ2) is 8.12. The molecule has 2 aliphatic heterocycles. The van der Waals surface area contributed by atoms with Crippen molar-refractivity contribution < 1.29 is 9.18 Å². The lowest BCUT2D eigenvalue weighted by Gasteiger charge is -2.27. The molecule has 0 unspecified atom stereocenters. The molecule has 9 heteroatoms. The summed E-state index contributed by atoms with van der Waals surface area (Å²) in [6.45, 7) is 3.66. The fraction of sp³-hybridized carbons (Fsp3) is 0.450. The van der Waals surface area contributed by atoms with Crippen LogP contribution in [0.5, 0.6) is 0 Å². The van der Waals surface area contributed by atoms with Crippen molar-refractivity contribution in [2.45, 2.75) is 19.4 Å². The molecule has 2 aromatic rings. The summed E-state index contributed by atoms with van der Waals surface area (Å²) >= 11 is 0. The number of likely N-dealkylation sites (tertiary alicyclic amines) is 2. The highest BCUT2D eigenvalue weighted by atomic mass is 35.5. The maximum Gasteiger partial charge on any atom is 0.325 e. The molecule has 2 fully saturated rings. The van der Waals surface area contributed by atoms with Gasteiger partial charge < -0.3 is 9.88 Å². The van der Waals surface area contributed by atoms with E-state index in [1.54, 1.807) is 24.0 Å². The molecule has 4 rings (SSSR count). The molecule has 2 saturated heterocycles. The van der Waals surface area contributed by atoms with Gasteiger partial charge in [-0.2, -0.15) is 0 Å². The zero-order valence-electron chi connectivity index (χ0n) is 16.3. The molecule has 3 heterocycles. The van der Waals surface area contributed by atoms with Crippen LogP contribution in [-0.2, 0) is 11.2 Å². The summed E-state index contributed by atoms with van der Waals surface area (Å²) in [6, 6.07) is 6.72. The number of H-pyrrole nitrogens is 2. The third-order valence-electron chi connectivity index (χ3n) is 6.02. The van der Waals surface area contributed by atoms with Crippen molar-refractivity contribution in [2.24, 2.45) is 11.8 Å². The quantitative estimate of drug-likeness (QED) is 0.778. The topological polar surface area (TPSA) is 89.3 Å². The molecule has 156 valence electrons. The Hall–Kier alpha value is -2.45. The second-order valence-corrected chi connectivity index (χ2v) is 7.85. The highest BCUT2D eigenvalue weighted by Gasteiger charge is 2.47. The van der Waals surface area contributed by atoms with Crippen molar-refractivity contribution in [1.29, 1.82) is 0 Å². The molecule has 1 aromatic carbocycles. The van der Waals surface area contributed by atoms with Crippen LogP contribution in [0.25, 0.3) is 0 Å². The number of hydrogen-bond acceptors (Lipinski definition) is 4. The second-order valence-electron chi connectivity index (χ2n) is 7.85. The lowest BCUT2D eigenvalue weighted by atomic mass is 9.89. The first-order valence-electron chi connectivity index (χ1n) is 9.39. The lowest BCUT2D eigenvalue weighted by Crippen LogP contribution is -2.36. The largest absolute Gasteiger partial charge is 0.342 e. The summed E-state index contributed by atoms with van der Waals surface area (Å²) < 4.78 is 13.7. The van der Waals surface area contributed by atoms with Gasteiger partial charge in [-0.25, -0.2) is 9.18 Å². The van der Waals surface area contributed by atoms with Gasteiger partial charge in [-0.15, -0.1) is 12.4 Å². The van der Waals surface area contributed by atoms with E-state index < -0.39 is 11.2 Å². The molecule has 0 spiro atoms. The molecule has 0 saturated carbocycles. The number of nitrogens with zero attached hydrogens (tertiary/aromatic N) is 2. The van der Waals surface area contributed by atoms with E-state index in [-0.39, 0.29) is 42.5 Å². The molecule has 3 atom stereocenters. The van der Waals surface area contributed by atoms with Gasteiger partial charge in [0.15, 0.2) is 0 Å². The molecule has 2 N–H and O–H groups in total. The highest BCUT2D eigenvalue weighted by Crippen LogP contribution is 2.44. The van der Waals surface area contributed by atoms with Gasteiger partial charge >= 0.3 is 5.69 Å². The van der Waals surface area contributed by atoms with Crippen LogP contribution in [0, 0.1) is 24.6 Å². The Kier molecular flexibility index (Phi) is 5.95. The minimum absolute atomic E-state index is 0. The Morgan fingerprint density at radius 2 is 1.97 bits per heavy atom. The standard InChI is InChI=1S/C20H23FN4O3.ClH/c1-11-15(19(27)23-20(28)22-11)7-17(26)25-9-13-8-24(2)18(16(13)10-25)12-4-3-5-14(21)6-12;/h3-6,13,16,18H,7-10H2,1-2H3,(H2,22,23,27,28);1H/t13-,16+,18-;/m0./s1. The van der Waals surface area contributed by atoms with Crippen molar-refractivity contribution in [3.8, 4) is 0 Å². The molecule has 1 amide bonds. The average Bonchev–Trinajstić information content (AvgIpc) is 3.14. The van der Waals surface area contributed by atoms with Crippen molar-refractivity contribution in [1.82, 2.24) is 19.8 Å². The SMILES string of the molecule is Cc1[nH]c(=O)[nH]c(=O)c1CC(=O)N1C[C@@H]2CN(C)[C@@H](c3cccc(F)c3)[C@@H]2C1.Cl. The maximum absolute atomic E-state index is 13.7. The number of rotatable bonds is 3. The Labute approximate surface area is 173 Å². The van der Waals surface area contributed by atoms with Gasteiger partial charge in [0, 0.05) is 42.9 Å². The van der Waals surface area contributed by atoms with Gasteiger partial charge in [0.25, 0.3) is 5.56 Å². The summed E-state index contributed by atoms with van der Waals surface area (Å²) in [5.74, 6) is 0.159. The first-order valence-corrected chi connectivity index (χ1v) is 9.39. The minimum Gasteiger partial charge on any atom is -0.342 e. The van der Waals surface area contributed by atoms with Crippen molar-refractivity contribution in [3.63, 3.8) is 0 Å². The number of carbonyl (C=O) groups excluding carboxylic acids is 1. The number of fused-ring (bicyclic) bond motifs is 1. The van der Waals surface area contributed by atoms with Gasteiger partial charge in [-0.3, -0.25) is 19.5 Å². The molecule has 7 nitrogen and oxygen atoms in total. The number of carbonyl (C=O) groups is 1. The van der Waals surface area contributed by atoms with E-state index in [1.807, 2.05) is 13.1 Å². The number of nitrogens with one attached hydrogen (secondary N) is 2.